The highest BCUT2D eigenvalue weighted by molar-refractivity contribution is 5.23. The summed E-state index contributed by atoms with van der Waals surface area (Å²) in [7, 11) is 0. The van der Waals surface area contributed by atoms with Crippen LogP contribution in [-0.4, -0.2) is 12.6 Å². The molecular weight excluding hydrogens is 249 g/mol. The van der Waals surface area contributed by atoms with Gasteiger partial charge in [0.15, 0.2) is 0 Å². The Hall–Kier alpha value is -1.15. The van der Waals surface area contributed by atoms with Crippen molar-refractivity contribution in [2.45, 2.75) is 56.9 Å². The van der Waals surface area contributed by atoms with Gasteiger partial charge in [0.2, 0.25) is 0 Å². The molecule has 1 N–H and O–H groups in total. The lowest BCUT2D eigenvalue weighted by molar-refractivity contribution is 0.292. The summed E-state index contributed by atoms with van der Waals surface area (Å²) < 4.78 is 12.9. The lowest BCUT2D eigenvalue weighted by Crippen LogP contribution is -2.40. The Morgan fingerprint density at radius 1 is 1.10 bits per heavy atom. The van der Waals surface area contributed by atoms with Crippen molar-refractivity contribution in [3.63, 3.8) is 0 Å². The van der Waals surface area contributed by atoms with Gasteiger partial charge in [0, 0.05) is 6.04 Å². The van der Waals surface area contributed by atoms with Crippen LogP contribution in [-0.2, 0) is 0 Å². The number of allylic oxidation sites excluding steroid dienone is 1. The van der Waals surface area contributed by atoms with E-state index in [1.807, 2.05) is 12.1 Å². The zero-order valence-corrected chi connectivity index (χ0v) is 12.1. The van der Waals surface area contributed by atoms with Gasteiger partial charge in [-0.1, -0.05) is 23.8 Å². The molecule has 20 heavy (non-hydrogen) atoms. The Kier molecular flexibility index (Phi) is 4.51. The van der Waals surface area contributed by atoms with Crippen LogP contribution < -0.4 is 5.32 Å². The highest BCUT2D eigenvalue weighted by atomic mass is 19.1. The third kappa shape index (κ3) is 3.49. The van der Waals surface area contributed by atoms with Gasteiger partial charge >= 0.3 is 0 Å². The summed E-state index contributed by atoms with van der Waals surface area (Å²) in [4.78, 5) is 0. The molecule has 2 aliphatic carbocycles. The molecule has 0 aromatic heterocycles. The molecule has 0 atom stereocenters. The van der Waals surface area contributed by atoms with Gasteiger partial charge in [0.1, 0.15) is 5.82 Å². The summed E-state index contributed by atoms with van der Waals surface area (Å²) in [6, 6.07) is 7.68. The van der Waals surface area contributed by atoms with E-state index in [4.69, 9.17) is 0 Å². The molecule has 108 valence electrons. The van der Waals surface area contributed by atoms with E-state index in [2.05, 4.69) is 11.4 Å². The van der Waals surface area contributed by atoms with Crippen molar-refractivity contribution >= 4 is 0 Å². The third-order valence-electron chi connectivity index (χ3n) is 4.74. The lowest BCUT2D eigenvalue weighted by Gasteiger charge is -2.36. The van der Waals surface area contributed by atoms with Gasteiger partial charge in [-0.15, -0.1) is 0 Å². The first-order valence-electron chi connectivity index (χ1n) is 7.98. The Labute approximate surface area is 121 Å². The van der Waals surface area contributed by atoms with Crippen molar-refractivity contribution < 1.29 is 4.39 Å². The molecule has 0 bridgehead atoms. The molecule has 3 rings (SSSR count). The number of benzene rings is 1. The van der Waals surface area contributed by atoms with Crippen molar-refractivity contribution in [3.8, 4) is 0 Å². The van der Waals surface area contributed by atoms with Crippen LogP contribution in [0.2, 0.25) is 0 Å². The maximum Gasteiger partial charge on any atom is 0.123 e. The van der Waals surface area contributed by atoms with Crippen LogP contribution in [0.3, 0.4) is 0 Å². The average Bonchev–Trinajstić information content (AvgIpc) is 2.44. The maximum absolute atomic E-state index is 12.9. The summed E-state index contributed by atoms with van der Waals surface area (Å²) in [5.41, 5.74) is 2.94. The van der Waals surface area contributed by atoms with Crippen LogP contribution in [0.4, 0.5) is 4.39 Å². The van der Waals surface area contributed by atoms with E-state index < -0.39 is 0 Å². The van der Waals surface area contributed by atoms with E-state index in [1.165, 1.54) is 50.5 Å². The molecular formula is C18H24FN. The number of hydrogen-bond donors (Lipinski definition) is 1. The van der Waals surface area contributed by atoms with Crippen LogP contribution in [0.5, 0.6) is 0 Å². The van der Waals surface area contributed by atoms with Crippen molar-refractivity contribution in [3.05, 3.63) is 47.3 Å². The van der Waals surface area contributed by atoms with Crippen LogP contribution in [0.15, 0.2) is 35.9 Å². The molecule has 1 fully saturated rings. The summed E-state index contributed by atoms with van der Waals surface area (Å²) in [6.45, 7) is 1.12. The fraction of sp³-hybridized carbons (Fsp3) is 0.556. The largest absolute Gasteiger partial charge is 0.314 e. The molecule has 0 saturated heterocycles. The van der Waals surface area contributed by atoms with E-state index in [9.17, 15) is 4.39 Å². The first-order chi connectivity index (χ1) is 9.81. The summed E-state index contributed by atoms with van der Waals surface area (Å²) >= 11 is 0. The molecule has 1 saturated carbocycles. The summed E-state index contributed by atoms with van der Waals surface area (Å²) in [6.07, 6.45) is 11.4. The van der Waals surface area contributed by atoms with Crippen LogP contribution in [0.1, 0.15) is 56.4 Å². The van der Waals surface area contributed by atoms with E-state index in [0.717, 1.165) is 6.54 Å². The van der Waals surface area contributed by atoms with E-state index in [0.29, 0.717) is 12.0 Å². The van der Waals surface area contributed by atoms with Crippen molar-refractivity contribution in [1.82, 2.24) is 5.32 Å². The third-order valence-corrected chi connectivity index (χ3v) is 4.74. The van der Waals surface area contributed by atoms with Gasteiger partial charge in [0.05, 0.1) is 0 Å². The van der Waals surface area contributed by atoms with Crippen LogP contribution in [0, 0.1) is 5.82 Å². The monoisotopic (exact) mass is 273 g/mol. The second-order valence-corrected chi connectivity index (χ2v) is 6.23. The number of nitrogens with one attached hydrogen (secondary N) is 1. The molecule has 0 amide bonds. The number of hydrogen-bond acceptors (Lipinski definition) is 1. The van der Waals surface area contributed by atoms with Gasteiger partial charge in [0.25, 0.3) is 0 Å². The van der Waals surface area contributed by atoms with Crippen LogP contribution in [0.25, 0.3) is 0 Å². The van der Waals surface area contributed by atoms with Gasteiger partial charge in [-0.25, -0.2) is 4.39 Å². The Bertz CT molecular complexity index is 457. The maximum atomic E-state index is 12.9. The molecule has 2 aliphatic rings. The molecule has 1 aromatic rings. The summed E-state index contributed by atoms with van der Waals surface area (Å²) in [5.74, 6) is 0.491. The molecule has 0 heterocycles. The first kappa shape index (κ1) is 13.8. The predicted octanol–water partition coefficient (Wildman–Crippen LogP) is 4.55. The zero-order chi connectivity index (χ0) is 13.8. The molecule has 1 aromatic carbocycles. The Morgan fingerprint density at radius 2 is 1.90 bits per heavy atom. The minimum Gasteiger partial charge on any atom is -0.314 e. The number of rotatable bonds is 5. The van der Waals surface area contributed by atoms with E-state index in [1.54, 1.807) is 17.7 Å². The quantitative estimate of drug-likeness (QED) is 0.776. The van der Waals surface area contributed by atoms with Gasteiger partial charge < -0.3 is 5.32 Å². The average molecular weight is 273 g/mol. The minimum absolute atomic E-state index is 0.136. The highest BCUT2D eigenvalue weighted by Crippen LogP contribution is 2.36. The normalized spacial score (nSPS) is 25.9. The van der Waals surface area contributed by atoms with Crippen molar-refractivity contribution in [2.75, 3.05) is 6.54 Å². The fourth-order valence-electron chi connectivity index (χ4n) is 3.36. The zero-order valence-electron chi connectivity index (χ0n) is 12.1. The molecule has 0 aliphatic heterocycles. The minimum atomic E-state index is -0.136. The molecule has 0 radical (unpaired) electrons. The highest BCUT2D eigenvalue weighted by Gasteiger charge is 2.29. The van der Waals surface area contributed by atoms with Gasteiger partial charge in [-0.2, -0.15) is 0 Å². The van der Waals surface area contributed by atoms with E-state index >= 15 is 0 Å². The van der Waals surface area contributed by atoms with Crippen molar-refractivity contribution in [1.29, 1.82) is 0 Å². The summed E-state index contributed by atoms with van der Waals surface area (Å²) in [5, 5.41) is 3.66. The van der Waals surface area contributed by atoms with Gasteiger partial charge in [-0.05, 0) is 75.1 Å². The Balaban J connectivity index is 1.36. The topological polar surface area (TPSA) is 12.0 Å². The Morgan fingerprint density at radius 3 is 2.60 bits per heavy atom. The molecule has 0 unspecified atom stereocenters. The van der Waals surface area contributed by atoms with Crippen LogP contribution >= 0.6 is 0 Å². The molecule has 0 spiro atoms. The van der Waals surface area contributed by atoms with Crippen molar-refractivity contribution in [2.24, 2.45) is 0 Å². The molecule has 1 nitrogen and oxygen atoms in total. The first-order valence-corrected chi connectivity index (χ1v) is 7.98. The predicted molar refractivity (Wildman–Crippen MR) is 81.3 cm³/mol. The molecule has 2 heteroatoms. The number of halogens is 1. The standard InChI is InChI=1S/C18H24FN/c19-17-8-6-15(7-9-17)16-12-18(13-16)20-11-10-14-4-2-1-3-5-14/h4,6-9,16,18,20H,1-3,5,10-13H2. The van der Waals surface area contributed by atoms with Gasteiger partial charge in [-0.3, -0.25) is 0 Å². The SMILES string of the molecule is Fc1ccc(C2CC(NCCC3=CCCCC3)C2)cc1. The second-order valence-electron chi connectivity index (χ2n) is 6.23. The fourth-order valence-corrected chi connectivity index (χ4v) is 3.36. The lowest BCUT2D eigenvalue weighted by atomic mass is 9.76. The smallest absolute Gasteiger partial charge is 0.123 e. The second kappa shape index (κ2) is 6.53. The van der Waals surface area contributed by atoms with E-state index in [-0.39, 0.29) is 5.82 Å².